The molecule has 4 nitrogen and oxygen atoms in total. The van der Waals surface area contributed by atoms with Gasteiger partial charge in [-0.1, -0.05) is 6.07 Å². The highest BCUT2D eigenvalue weighted by molar-refractivity contribution is 5.54. The highest BCUT2D eigenvalue weighted by Crippen LogP contribution is 2.16. The Morgan fingerprint density at radius 2 is 2.29 bits per heavy atom. The van der Waals surface area contributed by atoms with Crippen LogP contribution in [0, 0.1) is 0 Å². The number of carbonyl (C=O) groups is 1. The van der Waals surface area contributed by atoms with E-state index >= 15 is 0 Å². The van der Waals surface area contributed by atoms with Gasteiger partial charge in [-0.25, -0.2) is 4.98 Å². The molecule has 0 spiro atoms. The van der Waals surface area contributed by atoms with Crippen molar-refractivity contribution in [2.75, 3.05) is 0 Å². The van der Waals surface area contributed by atoms with Crippen molar-refractivity contribution < 1.29 is 9.21 Å². The maximum absolute atomic E-state index is 10.2. The third-order valence-corrected chi connectivity index (χ3v) is 1.73. The quantitative estimate of drug-likeness (QED) is 0.684. The average Bonchev–Trinajstić information content (AvgIpc) is 2.68. The Morgan fingerprint density at radius 1 is 1.36 bits per heavy atom. The molecule has 2 aromatic heterocycles. The molecule has 0 atom stereocenters. The van der Waals surface area contributed by atoms with Crippen molar-refractivity contribution in [1.29, 1.82) is 0 Å². The van der Waals surface area contributed by atoms with Crippen LogP contribution in [0.2, 0.25) is 0 Å². The Bertz CT molecular complexity index is 423. The van der Waals surface area contributed by atoms with Gasteiger partial charge in [0, 0.05) is 6.20 Å². The van der Waals surface area contributed by atoms with Gasteiger partial charge < -0.3 is 9.21 Å². The zero-order valence-electron chi connectivity index (χ0n) is 7.38. The van der Waals surface area contributed by atoms with Gasteiger partial charge in [0.15, 0.2) is 5.76 Å². The molecule has 0 aliphatic heterocycles. The fourth-order valence-electron chi connectivity index (χ4n) is 1.10. The van der Waals surface area contributed by atoms with E-state index in [-0.39, 0.29) is 6.42 Å². The van der Waals surface area contributed by atoms with Crippen LogP contribution in [-0.2, 0) is 11.2 Å². The molecular weight excluding hydrogens is 180 g/mol. The summed E-state index contributed by atoms with van der Waals surface area (Å²) in [6.45, 7) is 0. The van der Waals surface area contributed by atoms with Gasteiger partial charge in [-0.05, 0) is 12.1 Å². The van der Waals surface area contributed by atoms with Crippen LogP contribution in [0.3, 0.4) is 0 Å². The fraction of sp³-hybridized carbons (Fsp3) is 0.100. The molecule has 0 aromatic carbocycles. The molecule has 0 N–H and O–H groups in total. The first-order chi connectivity index (χ1) is 6.90. The molecule has 0 saturated heterocycles. The van der Waals surface area contributed by atoms with Gasteiger partial charge in [0.05, 0.1) is 12.6 Å². The minimum atomic E-state index is 0.201. The Balaban J connectivity index is 2.29. The summed E-state index contributed by atoms with van der Waals surface area (Å²) in [5.41, 5.74) is 0.720. The molecule has 0 aliphatic carbocycles. The van der Waals surface area contributed by atoms with Crippen LogP contribution >= 0.6 is 0 Å². The van der Waals surface area contributed by atoms with Crippen molar-refractivity contribution in [1.82, 2.24) is 9.97 Å². The maximum atomic E-state index is 10.2. The minimum absolute atomic E-state index is 0.201. The topological polar surface area (TPSA) is 56.0 Å². The maximum Gasteiger partial charge on any atom is 0.202 e. The molecule has 2 rings (SSSR count). The molecule has 0 fully saturated rings. The van der Waals surface area contributed by atoms with E-state index in [1.165, 1.54) is 0 Å². The summed E-state index contributed by atoms with van der Waals surface area (Å²) < 4.78 is 5.31. The lowest BCUT2D eigenvalue weighted by Crippen LogP contribution is -1.83. The summed E-state index contributed by atoms with van der Waals surface area (Å²) in [7, 11) is 0. The van der Waals surface area contributed by atoms with Crippen LogP contribution in [-0.4, -0.2) is 16.3 Å². The third kappa shape index (κ3) is 1.69. The normalized spacial score (nSPS) is 10.0. The molecule has 0 radical (unpaired) electrons. The number of hydrogen-bond acceptors (Lipinski definition) is 4. The first kappa shape index (κ1) is 8.62. The van der Waals surface area contributed by atoms with Gasteiger partial charge in [0.2, 0.25) is 5.89 Å². The van der Waals surface area contributed by atoms with E-state index in [1.54, 1.807) is 12.4 Å². The monoisotopic (exact) mass is 188 g/mol. The van der Waals surface area contributed by atoms with Crippen LogP contribution in [0.4, 0.5) is 0 Å². The molecule has 0 unspecified atom stereocenters. The Kier molecular flexibility index (Phi) is 2.36. The number of nitrogens with zero attached hydrogens (tertiary/aromatic N) is 2. The molecule has 0 amide bonds. The fourth-order valence-corrected chi connectivity index (χ4v) is 1.10. The molecule has 70 valence electrons. The highest BCUT2D eigenvalue weighted by Gasteiger charge is 2.05. The number of aldehydes is 1. The van der Waals surface area contributed by atoms with Gasteiger partial charge in [0.25, 0.3) is 0 Å². The summed E-state index contributed by atoms with van der Waals surface area (Å²) >= 11 is 0. The van der Waals surface area contributed by atoms with Gasteiger partial charge in [0.1, 0.15) is 12.0 Å². The van der Waals surface area contributed by atoms with Gasteiger partial charge in [-0.15, -0.1) is 0 Å². The van der Waals surface area contributed by atoms with E-state index < -0.39 is 0 Å². The lowest BCUT2D eigenvalue weighted by Gasteiger charge is -1.92. The molecule has 2 aromatic rings. The summed E-state index contributed by atoms with van der Waals surface area (Å²) in [6, 6.07) is 5.52. The van der Waals surface area contributed by atoms with E-state index in [9.17, 15) is 4.79 Å². The third-order valence-electron chi connectivity index (χ3n) is 1.73. The second-order valence-electron chi connectivity index (χ2n) is 2.70. The van der Waals surface area contributed by atoms with Crippen molar-refractivity contribution in [3.8, 4) is 11.5 Å². The zero-order chi connectivity index (χ0) is 9.80. The van der Waals surface area contributed by atoms with Crippen molar-refractivity contribution in [2.45, 2.75) is 6.42 Å². The van der Waals surface area contributed by atoms with E-state index in [0.29, 0.717) is 11.7 Å². The number of rotatable bonds is 3. The number of aromatic nitrogens is 2. The Labute approximate surface area is 80.6 Å². The van der Waals surface area contributed by atoms with Gasteiger partial charge >= 0.3 is 0 Å². The first-order valence-electron chi connectivity index (χ1n) is 4.20. The lowest BCUT2D eigenvalue weighted by molar-refractivity contribution is -0.107. The van der Waals surface area contributed by atoms with Crippen molar-refractivity contribution in [3.63, 3.8) is 0 Å². The number of carbonyl (C=O) groups excluding carboxylic acids is 1. The molecule has 4 heteroatoms. The summed E-state index contributed by atoms with van der Waals surface area (Å²) in [5, 5.41) is 0. The number of hydrogen-bond donors (Lipinski definition) is 0. The van der Waals surface area contributed by atoms with Crippen molar-refractivity contribution in [2.24, 2.45) is 0 Å². The highest BCUT2D eigenvalue weighted by atomic mass is 16.4. The minimum Gasteiger partial charge on any atom is -0.439 e. The second kappa shape index (κ2) is 3.83. The van der Waals surface area contributed by atoms with Crippen LogP contribution in [0.15, 0.2) is 35.0 Å². The smallest absolute Gasteiger partial charge is 0.202 e. The SMILES string of the molecule is O=CCc1ncc(-c2ccccn2)o1. The zero-order valence-corrected chi connectivity index (χ0v) is 7.38. The largest absolute Gasteiger partial charge is 0.439 e. The molecule has 0 saturated carbocycles. The van der Waals surface area contributed by atoms with Crippen LogP contribution in [0.1, 0.15) is 5.89 Å². The summed E-state index contributed by atoms with van der Waals surface area (Å²) in [5.74, 6) is 1.00. The molecule has 0 aliphatic rings. The van der Waals surface area contributed by atoms with Crippen LogP contribution in [0.5, 0.6) is 0 Å². The van der Waals surface area contributed by atoms with Gasteiger partial charge in [-0.2, -0.15) is 0 Å². The van der Waals surface area contributed by atoms with E-state index in [0.717, 1.165) is 12.0 Å². The predicted molar refractivity (Wildman–Crippen MR) is 49.5 cm³/mol. The van der Waals surface area contributed by atoms with E-state index in [2.05, 4.69) is 9.97 Å². The Hall–Kier alpha value is -1.97. The molecule has 0 bridgehead atoms. The molecule has 2 heterocycles. The molecular formula is C10H8N2O2. The standard InChI is InChI=1S/C10H8N2O2/c13-6-4-10-12-7-9(14-10)8-3-1-2-5-11-8/h1-3,5-7H,4H2. The summed E-state index contributed by atoms with van der Waals surface area (Å²) in [4.78, 5) is 18.2. The van der Waals surface area contributed by atoms with E-state index in [1.807, 2.05) is 18.2 Å². The Morgan fingerprint density at radius 3 is 3.00 bits per heavy atom. The van der Waals surface area contributed by atoms with Crippen molar-refractivity contribution >= 4 is 6.29 Å². The van der Waals surface area contributed by atoms with Gasteiger partial charge in [-0.3, -0.25) is 4.98 Å². The van der Waals surface area contributed by atoms with E-state index in [4.69, 9.17) is 4.42 Å². The van der Waals surface area contributed by atoms with Crippen molar-refractivity contribution in [3.05, 3.63) is 36.5 Å². The number of oxazole rings is 1. The lowest BCUT2D eigenvalue weighted by atomic mass is 10.3. The summed E-state index contributed by atoms with van der Waals surface area (Å²) in [6.07, 6.45) is 4.21. The van der Waals surface area contributed by atoms with Crippen LogP contribution < -0.4 is 0 Å². The average molecular weight is 188 g/mol. The first-order valence-corrected chi connectivity index (χ1v) is 4.20. The second-order valence-corrected chi connectivity index (χ2v) is 2.70. The predicted octanol–water partition coefficient (Wildman–Crippen LogP) is 1.48. The van der Waals surface area contributed by atoms with Crippen LogP contribution in [0.25, 0.3) is 11.5 Å². The number of pyridine rings is 1. The molecule has 14 heavy (non-hydrogen) atoms.